The molecule has 2 rings (SSSR count). The number of thiazole rings is 1. The molecule has 1 heterocycles. The molecule has 0 aliphatic rings. The lowest BCUT2D eigenvalue weighted by molar-refractivity contribution is -0.137. The molecule has 0 bridgehead atoms. The Morgan fingerprint density at radius 1 is 1.33 bits per heavy atom. The molecule has 0 fully saturated rings. The van der Waals surface area contributed by atoms with Crippen LogP contribution in [0.1, 0.15) is 17.5 Å². The third-order valence-electron chi connectivity index (χ3n) is 2.89. The number of alkyl halides is 3. The molecule has 1 aromatic carbocycles. The van der Waals surface area contributed by atoms with Crippen molar-refractivity contribution in [1.82, 2.24) is 10.3 Å². The first-order chi connectivity index (χ1) is 9.95. The highest BCUT2D eigenvalue weighted by Crippen LogP contribution is 2.38. The van der Waals surface area contributed by atoms with Gasteiger partial charge in [-0.3, -0.25) is 0 Å². The van der Waals surface area contributed by atoms with Crippen molar-refractivity contribution in [2.75, 3.05) is 13.7 Å². The van der Waals surface area contributed by atoms with Crippen LogP contribution in [0.15, 0.2) is 24.4 Å². The standard InChI is InChI=1S/C14H15F3N2OS/c1-3-18-7-9-6-10(20-2)4-5-11(9)12-8-19-13(21-12)14(15,16)17/h4-6,8,18H,3,7H2,1-2H3. The summed E-state index contributed by atoms with van der Waals surface area (Å²) >= 11 is 0.649. The number of nitrogens with zero attached hydrogens (tertiary/aromatic N) is 1. The molecule has 0 aliphatic heterocycles. The second-order valence-corrected chi connectivity index (χ2v) is 5.36. The maximum absolute atomic E-state index is 12.7. The van der Waals surface area contributed by atoms with Gasteiger partial charge in [0.15, 0.2) is 5.01 Å². The topological polar surface area (TPSA) is 34.1 Å². The van der Waals surface area contributed by atoms with Gasteiger partial charge in [-0.05, 0) is 35.9 Å². The highest BCUT2D eigenvalue weighted by Gasteiger charge is 2.34. The van der Waals surface area contributed by atoms with Gasteiger partial charge in [-0.1, -0.05) is 6.92 Å². The molecule has 0 radical (unpaired) electrons. The van der Waals surface area contributed by atoms with Crippen molar-refractivity contribution < 1.29 is 17.9 Å². The number of ether oxygens (including phenoxy) is 1. The molecule has 1 N–H and O–H groups in total. The van der Waals surface area contributed by atoms with Crippen molar-refractivity contribution in [2.24, 2.45) is 0 Å². The average molecular weight is 316 g/mol. The van der Waals surface area contributed by atoms with E-state index in [1.54, 1.807) is 19.2 Å². The van der Waals surface area contributed by atoms with Crippen LogP contribution < -0.4 is 10.1 Å². The number of methoxy groups -OCH3 is 1. The Hall–Kier alpha value is -1.60. The Bertz CT molecular complexity index is 611. The van der Waals surface area contributed by atoms with E-state index in [4.69, 9.17) is 4.74 Å². The first-order valence-electron chi connectivity index (χ1n) is 6.36. The zero-order chi connectivity index (χ0) is 15.5. The first-order valence-corrected chi connectivity index (χ1v) is 7.18. The van der Waals surface area contributed by atoms with Gasteiger partial charge < -0.3 is 10.1 Å². The molecule has 0 spiro atoms. The Labute approximate surface area is 124 Å². The van der Waals surface area contributed by atoms with Crippen LogP contribution >= 0.6 is 11.3 Å². The van der Waals surface area contributed by atoms with E-state index in [1.807, 2.05) is 13.0 Å². The summed E-state index contributed by atoms with van der Waals surface area (Å²) in [5.41, 5.74) is 1.62. The van der Waals surface area contributed by atoms with Crippen molar-refractivity contribution in [3.05, 3.63) is 35.0 Å². The highest BCUT2D eigenvalue weighted by atomic mass is 32.1. The summed E-state index contributed by atoms with van der Waals surface area (Å²) in [6.07, 6.45) is -3.14. The van der Waals surface area contributed by atoms with Gasteiger partial charge in [0.25, 0.3) is 0 Å². The molecular weight excluding hydrogens is 301 g/mol. The van der Waals surface area contributed by atoms with Crippen molar-refractivity contribution in [2.45, 2.75) is 19.6 Å². The van der Waals surface area contributed by atoms with Gasteiger partial charge >= 0.3 is 6.18 Å². The fraction of sp³-hybridized carbons (Fsp3) is 0.357. The summed E-state index contributed by atoms with van der Waals surface area (Å²) < 4.78 is 43.1. The number of halogens is 3. The van der Waals surface area contributed by atoms with Crippen LogP contribution in [0.4, 0.5) is 13.2 Å². The number of hydrogen-bond donors (Lipinski definition) is 1. The van der Waals surface area contributed by atoms with Crippen LogP contribution in [-0.2, 0) is 12.7 Å². The van der Waals surface area contributed by atoms with Crippen molar-refractivity contribution >= 4 is 11.3 Å². The van der Waals surface area contributed by atoms with Crippen molar-refractivity contribution in [3.63, 3.8) is 0 Å². The molecule has 21 heavy (non-hydrogen) atoms. The largest absolute Gasteiger partial charge is 0.497 e. The molecule has 1 aromatic heterocycles. The smallest absolute Gasteiger partial charge is 0.443 e. The van der Waals surface area contributed by atoms with Gasteiger partial charge in [-0.15, -0.1) is 11.3 Å². The highest BCUT2D eigenvalue weighted by molar-refractivity contribution is 7.15. The van der Waals surface area contributed by atoms with E-state index in [0.717, 1.165) is 17.7 Å². The number of rotatable bonds is 5. The minimum atomic E-state index is -4.41. The van der Waals surface area contributed by atoms with Crippen LogP contribution in [0, 0.1) is 0 Å². The van der Waals surface area contributed by atoms with Crippen molar-refractivity contribution in [3.8, 4) is 16.2 Å². The third kappa shape index (κ3) is 3.74. The molecular formula is C14H15F3N2OS. The number of benzene rings is 1. The number of aromatic nitrogens is 1. The van der Waals surface area contributed by atoms with Gasteiger partial charge in [-0.25, -0.2) is 4.98 Å². The number of hydrogen-bond acceptors (Lipinski definition) is 4. The minimum Gasteiger partial charge on any atom is -0.497 e. The van der Waals surface area contributed by atoms with E-state index in [-0.39, 0.29) is 0 Å². The Morgan fingerprint density at radius 2 is 2.10 bits per heavy atom. The molecule has 7 heteroatoms. The number of nitrogens with one attached hydrogen (secondary N) is 1. The molecule has 2 aromatic rings. The second kappa shape index (κ2) is 6.44. The molecule has 114 valence electrons. The van der Waals surface area contributed by atoms with Crippen LogP contribution in [0.25, 0.3) is 10.4 Å². The van der Waals surface area contributed by atoms with E-state index in [1.165, 1.54) is 6.20 Å². The van der Waals surface area contributed by atoms with Crippen LogP contribution in [0.2, 0.25) is 0 Å². The Kier molecular flexibility index (Phi) is 4.84. The van der Waals surface area contributed by atoms with Gasteiger partial charge in [0.2, 0.25) is 0 Å². The molecule has 0 unspecified atom stereocenters. The van der Waals surface area contributed by atoms with E-state index in [9.17, 15) is 13.2 Å². The van der Waals surface area contributed by atoms with E-state index < -0.39 is 11.2 Å². The molecule has 0 saturated heterocycles. The van der Waals surface area contributed by atoms with E-state index in [2.05, 4.69) is 10.3 Å². The monoisotopic (exact) mass is 316 g/mol. The second-order valence-electron chi connectivity index (χ2n) is 4.33. The summed E-state index contributed by atoms with van der Waals surface area (Å²) in [5.74, 6) is 0.673. The quantitative estimate of drug-likeness (QED) is 0.907. The van der Waals surface area contributed by atoms with E-state index in [0.29, 0.717) is 28.5 Å². The lowest BCUT2D eigenvalue weighted by Gasteiger charge is -2.10. The molecule has 0 saturated carbocycles. The SMILES string of the molecule is CCNCc1cc(OC)ccc1-c1cnc(C(F)(F)F)s1. The fourth-order valence-corrected chi connectivity index (χ4v) is 2.72. The predicted octanol–water partition coefficient (Wildman–Crippen LogP) is 3.95. The average Bonchev–Trinajstić information content (AvgIpc) is 2.94. The van der Waals surface area contributed by atoms with Crippen LogP contribution in [-0.4, -0.2) is 18.6 Å². The van der Waals surface area contributed by atoms with Crippen LogP contribution in [0.5, 0.6) is 5.75 Å². The summed E-state index contributed by atoms with van der Waals surface area (Å²) in [4.78, 5) is 3.97. The summed E-state index contributed by atoms with van der Waals surface area (Å²) in [6, 6.07) is 5.32. The van der Waals surface area contributed by atoms with Crippen molar-refractivity contribution in [1.29, 1.82) is 0 Å². The minimum absolute atomic E-state index is 0.498. The zero-order valence-electron chi connectivity index (χ0n) is 11.6. The summed E-state index contributed by atoms with van der Waals surface area (Å²) in [6.45, 7) is 3.30. The third-order valence-corrected chi connectivity index (χ3v) is 3.97. The van der Waals surface area contributed by atoms with Gasteiger partial charge in [0.1, 0.15) is 5.75 Å². The summed E-state index contributed by atoms with van der Waals surface area (Å²) in [5, 5.41) is 2.34. The maximum Gasteiger partial charge on any atom is 0.443 e. The molecule has 3 nitrogen and oxygen atoms in total. The van der Waals surface area contributed by atoms with E-state index >= 15 is 0 Å². The lowest BCUT2D eigenvalue weighted by Crippen LogP contribution is -2.12. The predicted molar refractivity (Wildman–Crippen MR) is 76.5 cm³/mol. The van der Waals surface area contributed by atoms with Crippen LogP contribution in [0.3, 0.4) is 0 Å². The Balaban J connectivity index is 2.40. The van der Waals surface area contributed by atoms with Gasteiger partial charge in [0.05, 0.1) is 12.0 Å². The molecule has 0 aliphatic carbocycles. The first kappa shape index (κ1) is 15.8. The zero-order valence-corrected chi connectivity index (χ0v) is 12.4. The summed E-state index contributed by atoms with van der Waals surface area (Å²) in [7, 11) is 1.56. The molecule has 0 atom stereocenters. The normalized spacial score (nSPS) is 11.7. The van der Waals surface area contributed by atoms with Gasteiger partial charge in [0, 0.05) is 12.7 Å². The van der Waals surface area contributed by atoms with Gasteiger partial charge in [-0.2, -0.15) is 13.2 Å². The fourth-order valence-electron chi connectivity index (χ4n) is 1.87. The maximum atomic E-state index is 12.7. The molecule has 0 amide bonds. The Morgan fingerprint density at radius 3 is 2.67 bits per heavy atom. The lowest BCUT2D eigenvalue weighted by atomic mass is 10.1.